The summed E-state index contributed by atoms with van der Waals surface area (Å²) < 4.78 is 43.3. The summed E-state index contributed by atoms with van der Waals surface area (Å²) in [7, 11) is -4.35. The van der Waals surface area contributed by atoms with Crippen molar-refractivity contribution in [3.8, 4) is 0 Å². The second-order valence-corrected chi connectivity index (χ2v) is 20.9. The SMILES string of the molecule is CCCCCC(O)C(O)C/C=C\C/C=C\C/C=C\CCCC(=O)NCCNC(=O)Cc1ccc2c(c1)C(C)(C)C1=C3C=C4C5=[N+](CCC4OC3CCN12)c1ccc(S(=O)(=O)O)cc1C5(C)C. The normalized spacial score (nSPS) is 21.3. The van der Waals surface area contributed by atoms with Crippen LogP contribution in [0.1, 0.15) is 128 Å². The monoisotopic (exact) mass is 923 g/mol. The third-order valence-electron chi connectivity index (χ3n) is 14.0. The molecule has 0 saturated carbocycles. The summed E-state index contributed by atoms with van der Waals surface area (Å²) in [5.74, 6) is -0.126. The van der Waals surface area contributed by atoms with Gasteiger partial charge in [-0.05, 0) is 94.2 Å². The minimum absolute atomic E-state index is 0.0295. The van der Waals surface area contributed by atoms with Gasteiger partial charge in [-0.1, -0.05) is 88.6 Å². The molecule has 66 heavy (non-hydrogen) atoms. The number of anilines is 1. The van der Waals surface area contributed by atoms with Crippen LogP contribution in [0.4, 0.5) is 11.4 Å². The van der Waals surface area contributed by atoms with Crippen LogP contribution in [-0.2, 0) is 41.7 Å². The Kier molecular flexibility index (Phi) is 15.7. The summed E-state index contributed by atoms with van der Waals surface area (Å²) in [6.45, 7) is 13.1. The summed E-state index contributed by atoms with van der Waals surface area (Å²) in [4.78, 5) is 27.9. The van der Waals surface area contributed by atoms with Crippen LogP contribution in [0.2, 0.25) is 0 Å². The number of hydrogen-bond acceptors (Lipinski definition) is 8. The van der Waals surface area contributed by atoms with E-state index >= 15 is 0 Å². The number of aliphatic hydroxyl groups excluding tert-OH is 2. The van der Waals surface area contributed by atoms with Gasteiger partial charge in [-0.2, -0.15) is 13.0 Å². The average molecular weight is 924 g/mol. The van der Waals surface area contributed by atoms with Crippen molar-refractivity contribution < 1.29 is 42.1 Å². The zero-order chi connectivity index (χ0) is 47.2. The Morgan fingerprint density at radius 2 is 1.59 bits per heavy atom. The largest absolute Gasteiger partial charge is 0.390 e. The minimum Gasteiger partial charge on any atom is -0.390 e. The third-order valence-corrected chi connectivity index (χ3v) is 14.8. The number of nitrogens with one attached hydrogen (secondary N) is 2. The molecule has 13 heteroatoms. The van der Waals surface area contributed by atoms with E-state index in [1.165, 1.54) is 22.9 Å². The Hall–Kier alpha value is -4.66. The molecule has 5 N–H and O–H groups in total. The van der Waals surface area contributed by atoms with Crippen LogP contribution < -0.4 is 15.5 Å². The molecule has 12 nitrogen and oxygen atoms in total. The number of aliphatic hydroxyl groups is 2. The van der Waals surface area contributed by atoms with Gasteiger partial charge in [0.2, 0.25) is 17.5 Å². The van der Waals surface area contributed by atoms with E-state index in [4.69, 9.17) is 4.74 Å². The van der Waals surface area contributed by atoms with Gasteiger partial charge >= 0.3 is 0 Å². The smallest absolute Gasteiger partial charge is 0.294 e. The van der Waals surface area contributed by atoms with Crippen LogP contribution in [0.25, 0.3) is 0 Å². The van der Waals surface area contributed by atoms with E-state index in [1.54, 1.807) is 6.07 Å². The van der Waals surface area contributed by atoms with Crippen molar-refractivity contribution in [2.24, 2.45) is 0 Å². The van der Waals surface area contributed by atoms with Crippen LogP contribution in [0, 0.1) is 0 Å². The van der Waals surface area contributed by atoms with Gasteiger partial charge in [0.25, 0.3) is 10.1 Å². The Bertz CT molecular complexity index is 2440. The van der Waals surface area contributed by atoms with E-state index in [9.17, 15) is 32.8 Å². The van der Waals surface area contributed by atoms with Crippen LogP contribution in [0.3, 0.4) is 0 Å². The van der Waals surface area contributed by atoms with Crippen LogP contribution in [-0.4, -0.2) is 95.9 Å². The zero-order valence-corrected chi connectivity index (χ0v) is 40.3. The van der Waals surface area contributed by atoms with Crippen LogP contribution >= 0.6 is 0 Å². The number of allylic oxidation sites excluding steroid dienone is 6. The minimum atomic E-state index is -4.35. The number of ether oxygens (including phenoxy) is 1. The number of carbonyl (C=O) groups excluding carboxylic acids is 2. The standard InChI is InChI=1S/C53H70N4O8S/c1-6-7-16-19-44(58)45(59)20-17-14-12-10-8-9-11-13-15-18-21-48(60)54-28-29-55-49(61)33-36-22-24-42-40(32-36)52(2,3)50-38-35-39-47(65-46(38)26-30-56(42)50)27-31-57-43-25-23-37(66(62,63)64)34-41(43)53(4,5)51(39)57/h8,10-11,13-14,17,22-25,32,34-35,44-47,58-59H,6-7,9,12,15-16,18-21,26-31,33H2,1-5H3,(H2-,54,55,60,61,62,63,64)/p+1/b10-8-,13-11-,17-14-. The highest BCUT2D eigenvalue weighted by atomic mass is 32.2. The zero-order valence-electron chi connectivity index (χ0n) is 39.5. The second kappa shape index (κ2) is 21.1. The maximum absolute atomic E-state index is 13.1. The fourth-order valence-corrected chi connectivity index (χ4v) is 11.1. The van der Waals surface area contributed by atoms with Gasteiger partial charge < -0.3 is 30.5 Å². The Balaban J connectivity index is 0.863. The number of rotatable bonds is 21. The first-order valence-corrected chi connectivity index (χ1v) is 25.6. The maximum Gasteiger partial charge on any atom is 0.294 e. The van der Waals surface area contributed by atoms with Gasteiger partial charge in [-0.15, -0.1) is 0 Å². The van der Waals surface area contributed by atoms with Gasteiger partial charge in [0.05, 0.1) is 41.1 Å². The molecule has 0 spiro atoms. The van der Waals surface area contributed by atoms with Crippen molar-refractivity contribution in [3.63, 3.8) is 0 Å². The molecule has 4 atom stereocenters. The van der Waals surface area contributed by atoms with Crippen LogP contribution in [0.15, 0.2) is 101 Å². The number of nitrogens with zero attached hydrogens (tertiary/aromatic N) is 2. The van der Waals surface area contributed by atoms with Gasteiger partial charge in [-0.25, -0.2) is 0 Å². The quantitative estimate of drug-likeness (QED) is 0.0361. The number of unbranched alkanes of at least 4 members (excludes halogenated alkanes) is 3. The molecule has 5 aliphatic rings. The molecule has 4 unspecified atom stereocenters. The van der Waals surface area contributed by atoms with E-state index in [-0.39, 0.29) is 40.8 Å². The molecule has 356 valence electrons. The molecule has 2 amide bonds. The average Bonchev–Trinajstić information content (AvgIpc) is 3.66. The second-order valence-electron chi connectivity index (χ2n) is 19.5. The van der Waals surface area contributed by atoms with E-state index < -0.39 is 27.7 Å². The third kappa shape index (κ3) is 10.9. The van der Waals surface area contributed by atoms with Crippen molar-refractivity contribution in [2.75, 3.05) is 31.1 Å². The molecule has 2 aromatic rings. The first-order chi connectivity index (χ1) is 31.5. The highest BCUT2D eigenvalue weighted by Gasteiger charge is 2.54. The molecule has 0 radical (unpaired) electrons. The van der Waals surface area contributed by atoms with Crippen molar-refractivity contribution in [2.45, 2.75) is 158 Å². The highest BCUT2D eigenvalue weighted by molar-refractivity contribution is 7.85. The lowest BCUT2D eigenvalue weighted by molar-refractivity contribution is -0.445. The van der Waals surface area contributed by atoms with Crippen molar-refractivity contribution in [3.05, 3.63) is 112 Å². The van der Waals surface area contributed by atoms with Gasteiger partial charge in [0, 0.05) is 72.1 Å². The number of amides is 2. The number of hydrogen-bond donors (Lipinski definition) is 5. The van der Waals surface area contributed by atoms with E-state index in [0.29, 0.717) is 32.4 Å². The van der Waals surface area contributed by atoms with Crippen molar-refractivity contribution in [1.29, 1.82) is 0 Å². The Morgan fingerprint density at radius 1 is 0.864 bits per heavy atom. The Morgan fingerprint density at radius 3 is 2.33 bits per heavy atom. The maximum atomic E-state index is 13.1. The Labute approximate surface area is 392 Å². The molecule has 0 fully saturated rings. The molecule has 7 rings (SSSR count). The topological polar surface area (TPSA) is 169 Å². The molecule has 0 bridgehead atoms. The fraction of sp³-hybridized carbons (Fsp3) is 0.528. The van der Waals surface area contributed by atoms with Gasteiger partial charge in [0.1, 0.15) is 0 Å². The number of carbonyl (C=O) groups is 2. The molecule has 2 aromatic carbocycles. The van der Waals surface area contributed by atoms with Crippen LogP contribution in [0.5, 0.6) is 0 Å². The molecule has 0 aromatic heterocycles. The van der Waals surface area contributed by atoms with E-state index in [2.05, 4.69) is 97.2 Å². The highest BCUT2D eigenvalue weighted by Crippen LogP contribution is 2.54. The predicted molar refractivity (Wildman–Crippen MR) is 260 cm³/mol. The first kappa shape index (κ1) is 49.3. The molecule has 0 aliphatic carbocycles. The molecular formula is C53H71N4O8S+. The lowest BCUT2D eigenvalue weighted by atomic mass is 9.74. The molecule has 5 aliphatic heterocycles. The van der Waals surface area contributed by atoms with Crippen molar-refractivity contribution in [1.82, 2.24) is 10.6 Å². The summed E-state index contributed by atoms with van der Waals surface area (Å²) in [6.07, 6.45) is 22.9. The molecule has 5 heterocycles. The van der Waals surface area contributed by atoms with Gasteiger partial charge in [-0.3, -0.25) is 14.1 Å². The lowest BCUT2D eigenvalue weighted by Crippen LogP contribution is -2.47. The fourth-order valence-electron chi connectivity index (χ4n) is 10.6. The first-order valence-electron chi connectivity index (χ1n) is 24.2. The van der Waals surface area contributed by atoms with E-state index in [1.807, 2.05) is 24.3 Å². The summed E-state index contributed by atoms with van der Waals surface area (Å²) in [6, 6.07) is 11.2. The number of fused-ring (bicyclic) bond motifs is 8. The molecule has 0 saturated heterocycles. The number of benzene rings is 2. The summed E-state index contributed by atoms with van der Waals surface area (Å²) in [5.41, 5.74) is 8.82. The summed E-state index contributed by atoms with van der Waals surface area (Å²) >= 11 is 0. The summed E-state index contributed by atoms with van der Waals surface area (Å²) in [5, 5.41) is 26.0. The van der Waals surface area contributed by atoms with Gasteiger partial charge in [0.15, 0.2) is 12.3 Å². The lowest BCUT2D eigenvalue weighted by Gasteiger charge is -2.42. The van der Waals surface area contributed by atoms with E-state index in [0.717, 1.165) is 105 Å². The molecular weight excluding hydrogens is 853 g/mol. The van der Waals surface area contributed by atoms with Crippen molar-refractivity contribution >= 4 is 39.0 Å². The predicted octanol–water partition coefficient (Wildman–Crippen LogP) is 7.95.